The van der Waals surface area contributed by atoms with Gasteiger partial charge in [-0.15, -0.1) is 0 Å². The second kappa shape index (κ2) is 9.38. The number of anilines is 1. The average Bonchev–Trinajstić information content (AvgIpc) is 2.60. The summed E-state index contributed by atoms with van der Waals surface area (Å²) in [5.41, 5.74) is 2.72. The Morgan fingerprint density at radius 2 is 1.69 bits per heavy atom. The van der Waals surface area contributed by atoms with Crippen LogP contribution in [0, 0.1) is 6.92 Å². The van der Waals surface area contributed by atoms with Crippen molar-refractivity contribution in [2.45, 2.75) is 26.2 Å². The number of sulfonamides is 1. The minimum absolute atomic E-state index is 0.132. The fraction of sp³-hybridized carbons (Fsp3) is 0.350. The van der Waals surface area contributed by atoms with Gasteiger partial charge in [0.2, 0.25) is 15.9 Å². The van der Waals surface area contributed by atoms with E-state index in [9.17, 15) is 13.2 Å². The summed E-state index contributed by atoms with van der Waals surface area (Å²) in [5.74, 6) is -0.139. The Morgan fingerprint density at radius 1 is 1.04 bits per heavy atom. The van der Waals surface area contributed by atoms with Gasteiger partial charge in [-0.3, -0.25) is 9.10 Å². The van der Waals surface area contributed by atoms with Gasteiger partial charge in [-0.25, -0.2) is 8.42 Å². The molecule has 6 heteroatoms. The number of hydrogen-bond acceptors (Lipinski definition) is 3. The van der Waals surface area contributed by atoms with Crippen molar-refractivity contribution < 1.29 is 13.2 Å². The van der Waals surface area contributed by atoms with E-state index >= 15 is 0 Å². The quantitative estimate of drug-likeness (QED) is 0.686. The lowest BCUT2D eigenvalue weighted by Gasteiger charge is -2.23. The Kier molecular flexibility index (Phi) is 7.21. The third-order valence-corrected chi connectivity index (χ3v) is 5.31. The third-order valence-electron chi connectivity index (χ3n) is 4.13. The van der Waals surface area contributed by atoms with Crippen LogP contribution >= 0.6 is 0 Å². The number of carbonyl (C=O) groups is 1. The molecule has 5 nitrogen and oxygen atoms in total. The minimum atomic E-state index is -3.44. The Labute approximate surface area is 156 Å². The highest BCUT2D eigenvalue weighted by molar-refractivity contribution is 7.92. The zero-order valence-electron chi connectivity index (χ0n) is 15.3. The van der Waals surface area contributed by atoms with Crippen LogP contribution in [0.5, 0.6) is 0 Å². The van der Waals surface area contributed by atoms with Crippen molar-refractivity contribution in [3.05, 3.63) is 65.7 Å². The zero-order valence-corrected chi connectivity index (χ0v) is 16.1. The Hall–Kier alpha value is -2.34. The Bertz CT molecular complexity index is 820. The van der Waals surface area contributed by atoms with E-state index in [0.717, 1.165) is 24.7 Å². The molecule has 1 N–H and O–H groups in total. The Balaban J connectivity index is 1.83. The van der Waals surface area contributed by atoms with Crippen molar-refractivity contribution in [3.8, 4) is 0 Å². The second-order valence-electron chi connectivity index (χ2n) is 6.31. The van der Waals surface area contributed by atoms with Crippen molar-refractivity contribution in [1.82, 2.24) is 5.32 Å². The molecule has 0 aliphatic carbocycles. The zero-order chi connectivity index (χ0) is 19.0. The lowest BCUT2D eigenvalue weighted by Crippen LogP contribution is -2.35. The monoisotopic (exact) mass is 374 g/mol. The third kappa shape index (κ3) is 6.19. The first-order valence-corrected chi connectivity index (χ1v) is 10.6. The molecule has 0 aliphatic heterocycles. The van der Waals surface area contributed by atoms with Gasteiger partial charge < -0.3 is 5.32 Å². The van der Waals surface area contributed by atoms with Gasteiger partial charge in [0.15, 0.2) is 0 Å². The van der Waals surface area contributed by atoms with E-state index in [1.165, 1.54) is 9.87 Å². The van der Waals surface area contributed by atoms with Crippen molar-refractivity contribution in [2.24, 2.45) is 0 Å². The van der Waals surface area contributed by atoms with Gasteiger partial charge in [0, 0.05) is 19.5 Å². The van der Waals surface area contributed by atoms with Crippen LogP contribution < -0.4 is 9.62 Å². The lowest BCUT2D eigenvalue weighted by atomic mass is 10.1. The molecule has 1 amide bonds. The number of rotatable bonds is 9. The van der Waals surface area contributed by atoms with Gasteiger partial charge in [0.1, 0.15) is 0 Å². The van der Waals surface area contributed by atoms with Crippen molar-refractivity contribution in [2.75, 3.05) is 23.7 Å². The van der Waals surface area contributed by atoms with Crippen molar-refractivity contribution in [1.29, 1.82) is 0 Å². The minimum Gasteiger partial charge on any atom is -0.356 e. The van der Waals surface area contributed by atoms with Gasteiger partial charge in [-0.2, -0.15) is 0 Å². The second-order valence-corrected chi connectivity index (χ2v) is 8.22. The van der Waals surface area contributed by atoms with Gasteiger partial charge in [-0.1, -0.05) is 48.5 Å². The van der Waals surface area contributed by atoms with E-state index in [0.29, 0.717) is 12.2 Å². The maximum Gasteiger partial charge on any atom is 0.232 e. The first-order chi connectivity index (χ1) is 12.4. The normalized spacial score (nSPS) is 11.2. The molecule has 0 fully saturated rings. The highest BCUT2D eigenvalue weighted by Crippen LogP contribution is 2.22. The number of nitrogens with one attached hydrogen (secondary N) is 1. The predicted octanol–water partition coefficient (Wildman–Crippen LogP) is 2.90. The van der Waals surface area contributed by atoms with E-state index in [2.05, 4.69) is 17.4 Å². The number of para-hydroxylation sites is 1. The highest BCUT2D eigenvalue weighted by Gasteiger charge is 2.19. The van der Waals surface area contributed by atoms with Gasteiger partial charge in [0.25, 0.3) is 0 Å². The number of aryl methyl sites for hydroxylation is 2. The summed E-state index contributed by atoms with van der Waals surface area (Å²) in [4.78, 5) is 12.1. The maximum absolute atomic E-state index is 12.1. The largest absolute Gasteiger partial charge is 0.356 e. The molecule has 0 atom stereocenters. The molecule has 0 aromatic heterocycles. The summed E-state index contributed by atoms with van der Waals surface area (Å²) in [7, 11) is -3.44. The molecule has 0 unspecified atom stereocenters. The first-order valence-electron chi connectivity index (χ1n) is 8.72. The van der Waals surface area contributed by atoms with Gasteiger partial charge in [-0.05, 0) is 37.0 Å². The molecule has 26 heavy (non-hydrogen) atoms. The molecular weight excluding hydrogens is 348 g/mol. The molecule has 0 aliphatic rings. The number of amides is 1. The lowest BCUT2D eigenvalue weighted by molar-refractivity contribution is -0.120. The topological polar surface area (TPSA) is 66.5 Å². The molecule has 2 aromatic carbocycles. The Morgan fingerprint density at radius 3 is 2.35 bits per heavy atom. The number of nitrogens with zero attached hydrogens (tertiary/aromatic N) is 1. The van der Waals surface area contributed by atoms with Crippen LogP contribution in [0.2, 0.25) is 0 Å². The molecule has 0 heterocycles. The van der Waals surface area contributed by atoms with Crippen molar-refractivity contribution >= 4 is 21.6 Å². The smallest absolute Gasteiger partial charge is 0.232 e. The van der Waals surface area contributed by atoms with Crippen LogP contribution in [-0.4, -0.2) is 33.7 Å². The van der Waals surface area contributed by atoms with Gasteiger partial charge >= 0.3 is 0 Å². The SMILES string of the molecule is Cc1ccccc1N(CCC(=O)NCCCc1ccccc1)S(C)(=O)=O. The molecule has 0 saturated carbocycles. The molecule has 0 radical (unpaired) electrons. The van der Waals surface area contributed by atoms with Crippen LogP contribution in [0.15, 0.2) is 54.6 Å². The molecule has 2 rings (SSSR count). The molecule has 0 bridgehead atoms. The number of benzene rings is 2. The summed E-state index contributed by atoms with van der Waals surface area (Å²) in [6.07, 6.45) is 3.05. The van der Waals surface area contributed by atoms with E-state index in [1.54, 1.807) is 12.1 Å². The van der Waals surface area contributed by atoms with Crippen LogP contribution in [0.1, 0.15) is 24.0 Å². The predicted molar refractivity (Wildman–Crippen MR) is 106 cm³/mol. The van der Waals surface area contributed by atoms with Crippen LogP contribution in [0.25, 0.3) is 0 Å². The van der Waals surface area contributed by atoms with Crippen LogP contribution in [-0.2, 0) is 21.2 Å². The molecular formula is C20H26N2O3S. The standard InChI is InChI=1S/C20H26N2O3S/c1-17-9-6-7-13-19(17)22(26(2,24)25)16-14-20(23)21-15-8-12-18-10-4-3-5-11-18/h3-7,9-11,13H,8,12,14-16H2,1-2H3,(H,21,23). The first kappa shape index (κ1) is 20.0. The average molecular weight is 375 g/mol. The molecule has 140 valence electrons. The fourth-order valence-corrected chi connectivity index (χ4v) is 3.75. The van der Waals surface area contributed by atoms with Crippen LogP contribution in [0.4, 0.5) is 5.69 Å². The van der Waals surface area contributed by atoms with Crippen LogP contribution in [0.3, 0.4) is 0 Å². The van der Waals surface area contributed by atoms with E-state index in [4.69, 9.17) is 0 Å². The summed E-state index contributed by atoms with van der Waals surface area (Å²) < 4.78 is 25.5. The number of carbonyl (C=O) groups excluding carboxylic acids is 1. The molecule has 0 saturated heterocycles. The summed E-state index contributed by atoms with van der Waals surface area (Å²) in [6, 6.07) is 17.4. The van der Waals surface area contributed by atoms with Gasteiger partial charge in [0.05, 0.1) is 11.9 Å². The van der Waals surface area contributed by atoms with E-state index in [1.807, 2.05) is 37.3 Å². The molecule has 0 spiro atoms. The number of hydrogen-bond donors (Lipinski definition) is 1. The highest BCUT2D eigenvalue weighted by atomic mass is 32.2. The van der Waals surface area contributed by atoms with E-state index in [-0.39, 0.29) is 18.9 Å². The van der Waals surface area contributed by atoms with Crippen molar-refractivity contribution in [3.63, 3.8) is 0 Å². The fourth-order valence-electron chi connectivity index (χ4n) is 2.76. The summed E-state index contributed by atoms with van der Waals surface area (Å²) in [5, 5.41) is 2.87. The molecule has 2 aromatic rings. The maximum atomic E-state index is 12.1. The van der Waals surface area contributed by atoms with E-state index < -0.39 is 10.0 Å². The summed E-state index contributed by atoms with van der Waals surface area (Å²) in [6.45, 7) is 2.57. The summed E-state index contributed by atoms with van der Waals surface area (Å²) >= 11 is 0.